The number of benzene rings is 2. The summed E-state index contributed by atoms with van der Waals surface area (Å²) in [7, 11) is 0. The van der Waals surface area contributed by atoms with Gasteiger partial charge in [0.25, 0.3) is 0 Å². The van der Waals surface area contributed by atoms with E-state index in [0.29, 0.717) is 11.5 Å². The molecule has 3 rings (SSSR count). The van der Waals surface area contributed by atoms with Crippen LogP contribution in [0.1, 0.15) is 24.1 Å². The molecule has 0 unspecified atom stereocenters. The highest BCUT2D eigenvalue weighted by Gasteiger charge is 2.09. The summed E-state index contributed by atoms with van der Waals surface area (Å²) < 4.78 is 32.1. The molecule has 0 aliphatic rings. The second-order valence-corrected chi connectivity index (χ2v) is 6.12. The highest BCUT2D eigenvalue weighted by Crippen LogP contribution is 2.24. The highest BCUT2D eigenvalue weighted by molar-refractivity contribution is 5.91. The van der Waals surface area contributed by atoms with E-state index in [4.69, 9.17) is 4.74 Å². The van der Waals surface area contributed by atoms with Crippen molar-refractivity contribution < 1.29 is 18.3 Å². The molecule has 142 valence electrons. The molecule has 28 heavy (non-hydrogen) atoms. The van der Waals surface area contributed by atoms with Gasteiger partial charge in [0, 0.05) is 24.5 Å². The average molecular weight is 380 g/mol. The molecule has 0 bridgehead atoms. The van der Waals surface area contributed by atoms with Gasteiger partial charge in [-0.3, -0.25) is 9.78 Å². The van der Waals surface area contributed by atoms with Crippen molar-refractivity contribution in [2.45, 2.75) is 13.0 Å². The van der Waals surface area contributed by atoms with Crippen LogP contribution in [0.4, 0.5) is 8.78 Å². The van der Waals surface area contributed by atoms with E-state index in [-0.39, 0.29) is 17.5 Å². The predicted molar refractivity (Wildman–Crippen MR) is 103 cm³/mol. The quantitative estimate of drug-likeness (QED) is 0.610. The molecule has 0 fully saturated rings. The number of nitrogens with one attached hydrogen (secondary N) is 1. The molecule has 0 saturated carbocycles. The number of amides is 1. The summed E-state index contributed by atoms with van der Waals surface area (Å²) in [6.07, 6.45) is 5.87. The van der Waals surface area contributed by atoms with Crippen LogP contribution < -0.4 is 10.1 Å². The minimum atomic E-state index is -0.695. The first-order valence-electron chi connectivity index (χ1n) is 8.62. The number of carbonyl (C=O) groups excluding carboxylic acids is 1. The van der Waals surface area contributed by atoms with Crippen molar-refractivity contribution in [1.82, 2.24) is 10.3 Å². The zero-order chi connectivity index (χ0) is 19.9. The van der Waals surface area contributed by atoms with Crippen molar-refractivity contribution >= 4 is 12.0 Å². The smallest absolute Gasteiger partial charge is 0.244 e. The number of aromatic nitrogens is 1. The molecule has 1 atom stereocenters. The maximum absolute atomic E-state index is 13.2. The lowest BCUT2D eigenvalue weighted by molar-refractivity contribution is -0.117. The fraction of sp³-hybridized carbons (Fsp3) is 0.0909. The summed E-state index contributed by atoms with van der Waals surface area (Å²) in [5.41, 5.74) is 1.12. The Morgan fingerprint density at radius 1 is 1.04 bits per heavy atom. The first-order chi connectivity index (χ1) is 13.5. The van der Waals surface area contributed by atoms with Crippen LogP contribution in [0.5, 0.6) is 11.5 Å². The Labute approximate surface area is 161 Å². The standard InChI is InChI=1S/C22H18F2N2O2/c1-15(26-22(27)6-5-16-11-18(23)14-19(24)12-16)17-3-2-4-21(13-17)28-20-7-9-25-10-8-20/h2-15H,1H3,(H,26,27)/t15-/m0/s1. The van der Waals surface area contributed by atoms with Gasteiger partial charge in [0.15, 0.2) is 0 Å². The van der Waals surface area contributed by atoms with Gasteiger partial charge in [-0.2, -0.15) is 0 Å². The number of pyridine rings is 1. The Balaban J connectivity index is 1.63. The van der Waals surface area contributed by atoms with Gasteiger partial charge in [-0.15, -0.1) is 0 Å². The van der Waals surface area contributed by atoms with E-state index in [9.17, 15) is 13.6 Å². The molecular weight excluding hydrogens is 362 g/mol. The molecule has 3 aromatic rings. The third-order valence-electron chi connectivity index (χ3n) is 3.91. The van der Waals surface area contributed by atoms with Crippen LogP contribution in [-0.4, -0.2) is 10.9 Å². The fourth-order valence-corrected chi connectivity index (χ4v) is 2.58. The molecule has 1 aromatic heterocycles. The third kappa shape index (κ3) is 5.48. The van der Waals surface area contributed by atoms with Crippen molar-refractivity contribution in [2.24, 2.45) is 0 Å². The largest absolute Gasteiger partial charge is 0.457 e. The summed E-state index contributed by atoms with van der Waals surface area (Å²) in [6, 6.07) is 13.6. The molecule has 0 radical (unpaired) electrons. The molecule has 1 N–H and O–H groups in total. The minimum absolute atomic E-state index is 0.271. The third-order valence-corrected chi connectivity index (χ3v) is 3.91. The Morgan fingerprint density at radius 2 is 1.75 bits per heavy atom. The normalized spacial score (nSPS) is 12.0. The van der Waals surface area contributed by atoms with Crippen LogP contribution in [0, 0.1) is 11.6 Å². The number of halogens is 2. The molecule has 0 aliphatic heterocycles. The summed E-state index contributed by atoms with van der Waals surface area (Å²) in [4.78, 5) is 16.1. The Morgan fingerprint density at radius 3 is 2.46 bits per heavy atom. The SMILES string of the molecule is C[C@H](NC(=O)C=Cc1cc(F)cc(F)c1)c1cccc(Oc2ccncc2)c1. The van der Waals surface area contributed by atoms with E-state index in [0.717, 1.165) is 23.8 Å². The van der Waals surface area contributed by atoms with Crippen LogP contribution in [0.25, 0.3) is 6.08 Å². The molecule has 1 amide bonds. The predicted octanol–water partition coefficient (Wildman–Crippen LogP) is 5.04. The fourth-order valence-electron chi connectivity index (χ4n) is 2.58. The van der Waals surface area contributed by atoms with Gasteiger partial charge in [0.1, 0.15) is 23.1 Å². The van der Waals surface area contributed by atoms with Crippen molar-refractivity contribution in [2.75, 3.05) is 0 Å². The second-order valence-electron chi connectivity index (χ2n) is 6.12. The maximum atomic E-state index is 13.2. The molecule has 0 saturated heterocycles. The molecule has 0 spiro atoms. The van der Waals surface area contributed by atoms with E-state index < -0.39 is 11.6 Å². The van der Waals surface area contributed by atoms with Crippen LogP contribution in [0.3, 0.4) is 0 Å². The summed E-state index contributed by atoms with van der Waals surface area (Å²) in [5, 5.41) is 2.81. The van der Waals surface area contributed by atoms with Gasteiger partial charge >= 0.3 is 0 Å². The Bertz CT molecular complexity index is 971. The van der Waals surface area contributed by atoms with Gasteiger partial charge in [-0.05, 0) is 60.5 Å². The zero-order valence-corrected chi connectivity index (χ0v) is 15.1. The second kappa shape index (κ2) is 8.90. The van der Waals surface area contributed by atoms with Gasteiger partial charge in [-0.25, -0.2) is 8.78 Å². The topological polar surface area (TPSA) is 51.2 Å². The maximum Gasteiger partial charge on any atom is 0.244 e. The molecular formula is C22H18F2N2O2. The Kier molecular flexibility index (Phi) is 6.11. The van der Waals surface area contributed by atoms with Gasteiger partial charge < -0.3 is 10.1 Å². The number of rotatable bonds is 6. The van der Waals surface area contributed by atoms with Gasteiger partial charge in [0.05, 0.1) is 6.04 Å². The number of carbonyl (C=O) groups is 1. The number of hydrogen-bond acceptors (Lipinski definition) is 3. The number of nitrogens with zero attached hydrogens (tertiary/aromatic N) is 1. The number of ether oxygens (including phenoxy) is 1. The van der Waals surface area contributed by atoms with Crippen LogP contribution >= 0.6 is 0 Å². The lowest BCUT2D eigenvalue weighted by atomic mass is 10.1. The van der Waals surface area contributed by atoms with Crippen LogP contribution in [0.2, 0.25) is 0 Å². The van der Waals surface area contributed by atoms with Crippen molar-refractivity contribution in [3.05, 3.63) is 95.8 Å². The minimum Gasteiger partial charge on any atom is -0.457 e. The Hall–Kier alpha value is -3.54. The van der Waals surface area contributed by atoms with Crippen LogP contribution in [-0.2, 0) is 4.79 Å². The van der Waals surface area contributed by atoms with E-state index in [1.165, 1.54) is 12.2 Å². The zero-order valence-electron chi connectivity index (χ0n) is 15.1. The first-order valence-corrected chi connectivity index (χ1v) is 8.62. The van der Waals surface area contributed by atoms with Gasteiger partial charge in [-0.1, -0.05) is 12.1 Å². The molecule has 6 heteroatoms. The van der Waals surface area contributed by atoms with E-state index >= 15 is 0 Å². The summed E-state index contributed by atoms with van der Waals surface area (Å²) >= 11 is 0. The monoisotopic (exact) mass is 380 g/mol. The van der Waals surface area contributed by atoms with Crippen LogP contribution in [0.15, 0.2) is 73.1 Å². The van der Waals surface area contributed by atoms with E-state index in [1.54, 1.807) is 24.5 Å². The molecule has 4 nitrogen and oxygen atoms in total. The first kappa shape index (κ1) is 19.2. The van der Waals surface area contributed by atoms with E-state index in [1.807, 2.05) is 31.2 Å². The molecule has 2 aromatic carbocycles. The number of hydrogen-bond donors (Lipinski definition) is 1. The van der Waals surface area contributed by atoms with E-state index in [2.05, 4.69) is 10.3 Å². The summed E-state index contributed by atoms with van der Waals surface area (Å²) in [5.74, 6) is -0.471. The van der Waals surface area contributed by atoms with Crippen molar-refractivity contribution in [3.63, 3.8) is 0 Å². The van der Waals surface area contributed by atoms with Gasteiger partial charge in [0.2, 0.25) is 5.91 Å². The van der Waals surface area contributed by atoms with Crippen molar-refractivity contribution in [3.8, 4) is 11.5 Å². The lowest BCUT2D eigenvalue weighted by Crippen LogP contribution is -2.24. The highest BCUT2D eigenvalue weighted by atomic mass is 19.1. The lowest BCUT2D eigenvalue weighted by Gasteiger charge is -2.14. The molecule has 0 aliphatic carbocycles. The average Bonchev–Trinajstić information content (AvgIpc) is 2.67. The van der Waals surface area contributed by atoms with Crippen molar-refractivity contribution in [1.29, 1.82) is 0 Å². The molecule has 1 heterocycles. The summed E-state index contributed by atoms with van der Waals surface area (Å²) in [6.45, 7) is 1.83.